The van der Waals surface area contributed by atoms with Gasteiger partial charge in [-0.3, -0.25) is 0 Å². The molecule has 2 rings (SSSR count). The summed E-state index contributed by atoms with van der Waals surface area (Å²) in [6.45, 7) is 1.13. The lowest BCUT2D eigenvalue weighted by atomic mass is 10.2. The molecular weight excluding hydrogens is 356 g/mol. The van der Waals surface area contributed by atoms with Gasteiger partial charge in [0.25, 0.3) is 0 Å². The van der Waals surface area contributed by atoms with Gasteiger partial charge in [0.05, 0.1) is 11.4 Å². The number of anilines is 1. The summed E-state index contributed by atoms with van der Waals surface area (Å²) in [6.07, 6.45) is 4.09. The topological polar surface area (TPSA) is 60.2 Å². The molecule has 0 heterocycles. The molecule has 2 aromatic rings. The number of aliphatic hydroxyl groups excluding tert-OH is 1. The maximum atomic E-state index is 8.76. The summed E-state index contributed by atoms with van der Waals surface area (Å²) in [7, 11) is 4.02. The standard InChI is InChI=1S/C21H28N4OS/c1-25(2)20-13-11-19(12-14-20)24-23-18-9-7-17(8-10-18)21(27)22-15-5-3-4-6-16-26/h7-14,26H,3-6,15-16H2,1-2H3,(H,22,27). The van der Waals surface area contributed by atoms with Crippen molar-refractivity contribution in [3.8, 4) is 0 Å². The molecule has 0 spiro atoms. The Bertz CT molecular complexity index is 727. The van der Waals surface area contributed by atoms with Crippen molar-refractivity contribution < 1.29 is 5.11 Å². The summed E-state index contributed by atoms with van der Waals surface area (Å²) in [6, 6.07) is 15.7. The average Bonchev–Trinajstić information content (AvgIpc) is 2.69. The van der Waals surface area contributed by atoms with Gasteiger partial charge in [0.1, 0.15) is 4.99 Å². The van der Waals surface area contributed by atoms with Crippen molar-refractivity contribution >= 4 is 34.3 Å². The molecule has 5 nitrogen and oxygen atoms in total. The molecule has 2 aromatic carbocycles. The van der Waals surface area contributed by atoms with Gasteiger partial charge in [-0.05, 0) is 61.4 Å². The molecule has 2 N–H and O–H groups in total. The highest BCUT2D eigenvalue weighted by Gasteiger charge is 2.01. The predicted octanol–water partition coefficient (Wildman–Crippen LogP) is 4.99. The largest absolute Gasteiger partial charge is 0.396 e. The average molecular weight is 385 g/mol. The Morgan fingerprint density at radius 1 is 0.889 bits per heavy atom. The van der Waals surface area contributed by atoms with E-state index in [9.17, 15) is 0 Å². The van der Waals surface area contributed by atoms with Crippen LogP contribution in [0.1, 0.15) is 31.2 Å². The molecule has 0 unspecified atom stereocenters. The highest BCUT2D eigenvalue weighted by atomic mass is 32.1. The first-order valence-corrected chi connectivity index (χ1v) is 9.69. The van der Waals surface area contributed by atoms with E-state index in [2.05, 4.69) is 15.5 Å². The van der Waals surface area contributed by atoms with E-state index in [4.69, 9.17) is 17.3 Å². The summed E-state index contributed by atoms with van der Waals surface area (Å²) >= 11 is 5.43. The molecule has 0 fully saturated rings. The van der Waals surface area contributed by atoms with Crippen molar-refractivity contribution in [1.82, 2.24) is 5.32 Å². The normalized spacial score (nSPS) is 10.9. The molecule has 27 heavy (non-hydrogen) atoms. The number of azo groups is 1. The highest BCUT2D eigenvalue weighted by Crippen LogP contribution is 2.21. The molecule has 0 aliphatic carbocycles. The third-order valence-electron chi connectivity index (χ3n) is 4.15. The molecule has 144 valence electrons. The predicted molar refractivity (Wildman–Crippen MR) is 117 cm³/mol. The first kappa shape index (κ1) is 21.0. The van der Waals surface area contributed by atoms with Crippen LogP contribution in [0, 0.1) is 0 Å². The van der Waals surface area contributed by atoms with Crippen LogP contribution in [0.15, 0.2) is 58.8 Å². The molecule has 0 aliphatic rings. The zero-order valence-corrected chi connectivity index (χ0v) is 16.9. The van der Waals surface area contributed by atoms with E-state index in [-0.39, 0.29) is 6.61 Å². The minimum atomic E-state index is 0.275. The Balaban J connectivity index is 1.82. The lowest BCUT2D eigenvalue weighted by molar-refractivity contribution is 0.282. The third kappa shape index (κ3) is 7.45. The Morgan fingerprint density at radius 2 is 1.44 bits per heavy atom. The van der Waals surface area contributed by atoms with E-state index in [1.165, 1.54) is 0 Å². The zero-order valence-electron chi connectivity index (χ0n) is 16.1. The Kier molecular flexibility index (Phi) is 8.87. The van der Waals surface area contributed by atoms with Crippen molar-refractivity contribution in [2.45, 2.75) is 25.7 Å². The van der Waals surface area contributed by atoms with Gasteiger partial charge in [0.2, 0.25) is 0 Å². The fourth-order valence-corrected chi connectivity index (χ4v) is 2.74. The fourth-order valence-electron chi connectivity index (χ4n) is 2.51. The molecule has 0 aromatic heterocycles. The minimum Gasteiger partial charge on any atom is -0.396 e. The number of unbranched alkanes of at least 4 members (excludes halogenated alkanes) is 3. The van der Waals surface area contributed by atoms with Gasteiger partial charge >= 0.3 is 0 Å². The Hall–Kier alpha value is -2.31. The summed E-state index contributed by atoms with van der Waals surface area (Å²) in [5.41, 5.74) is 3.73. The van der Waals surface area contributed by atoms with Gasteiger partial charge in [0, 0.05) is 38.5 Å². The van der Waals surface area contributed by atoms with Gasteiger partial charge < -0.3 is 15.3 Å². The molecule has 6 heteroatoms. The summed E-state index contributed by atoms with van der Waals surface area (Å²) in [4.78, 5) is 2.80. The Labute approximate surface area is 167 Å². The van der Waals surface area contributed by atoms with Crippen LogP contribution >= 0.6 is 12.2 Å². The molecule has 0 bridgehead atoms. The van der Waals surface area contributed by atoms with E-state index < -0.39 is 0 Å². The van der Waals surface area contributed by atoms with E-state index in [0.717, 1.165) is 59.8 Å². The van der Waals surface area contributed by atoms with Crippen LogP contribution in [0.3, 0.4) is 0 Å². The number of nitrogens with one attached hydrogen (secondary N) is 1. The Morgan fingerprint density at radius 3 is 2.00 bits per heavy atom. The number of aliphatic hydroxyl groups is 1. The second-order valence-electron chi connectivity index (χ2n) is 6.55. The van der Waals surface area contributed by atoms with Crippen LogP contribution in [-0.2, 0) is 0 Å². The molecule has 0 saturated heterocycles. The smallest absolute Gasteiger partial charge is 0.106 e. The van der Waals surface area contributed by atoms with Crippen LogP contribution in [0.5, 0.6) is 0 Å². The molecule has 0 radical (unpaired) electrons. The van der Waals surface area contributed by atoms with Crippen molar-refractivity contribution in [2.75, 3.05) is 32.1 Å². The molecule has 0 aliphatic heterocycles. The van der Waals surface area contributed by atoms with Crippen LogP contribution < -0.4 is 10.2 Å². The number of benzene rings is 2. The number of rotatable bonds is 10. The van der Waals surface area contributed by atoms with Crippen LogP contribution in [0.4, 0.5) is 17.1 Å². The summed E-state index contributed by atoms with van der Waals surface area (Å²) < 4.78 is 0. The van der Waals surface area contributed by atoms with Crippen LogP contribution in [0.2, 0.25) is 0 Å². The second-order valence-corrected chi connectivity index (χ2v) is 6.96. The highest BCUT2D eigenvalue weighted by molar-refractivity contribution is 7.80. The van der Waals surface area contributed by atoms with E-state index in [1.54, 1.807) is 0 Å². The van der Waals surface area contributed by atoms with Crippen molar-refractivity contribution in [2.24, 2.45) is 10.2 Å². The number of hydrogen-bond donors (Lipinski definition) is 2. The molecular formula is C21H28N4OS. The van der Waals surface area contributed by atoms with E-state index >= 15 is 0 Å². The van der Waals surface area contributed by atoms with Gasteiger partial charge in [-0.15, -0.1) is 0 Å². The van der Waals surface area contributed by atoms with Crippen molar-refractivity contribution in [3.05, 3.63) is 54.1 Å². The maximum absolute atomic E-state index is 8.76. The zero-order chi connectivity index (χ0) is 19.5. The van der Waals surface area contributed by atoms with Crippen LogP contribution in [0.25, 0.3) is 0 Å². The number of hydrogen-bond acceptors (Lipinski definition) is 5. The molecule has 0 atom stereocenters. The van der Waals surface area contributed by atoms with E-state index in [1.807, 2.05) is 67.5 Å². The first-order valence-electron chi connectivity index (χ1n) is 9.28. The van der Waals surface area contributed by atoms with Gasteiger partial charge in [0.15, 0.2) is 0 Å². The first-order chi connectivity index (χ1) is 13.1. The monoisotopic (exact) mass is 384 g/mol. The second kappa shape index (κ2) is 11.4. The molecule has 0 amide bonds. The quantitative estimate of drug-likeness (QED) is 0.344. The van der Waals surface area contributed by atoms with E-state index in [0.29, 0.717) is 0 Å². The lowest BCUT2D eigenvalue weighted by Crippen LogP contribution is -2.23. The molecule has 0 saturated carbocycles. The summed E-state index contributed by atoms with van der Waals surface area (Å²) in [5, 5.41) is 20.6. The lowest BCUT2D eigenvalue weighted by Gasteiger charge is -2.11. The SMILES string of the molecule is CN(C)c1ccc(N=Nc2ccc(C(=S)NCCCCCCO)cc2)cc1. The maximum Gasteiger partial charge on any atom is 0.106 e. The minimum absolute atomic E-state index is 0.275. The van der Waals surface area contributed by atoms with Crippen LogP contribution in [-0.4, -0.2) is 37.3 Å². The number of thiocarbonyl (C=S) groups is 1. The van der Waals surface area contributed by atoms with Crippen molar-refractivity contribution in [1.29, 1.82) is 0 Å². The summed E-state index contributed by atoms with van der Waals surface area (Å²) in [5.74, 6) is 0. The van der Waals surface area contributed by atoms with Crippen molar-refractivity contribution in [3.63, 3.8) is 0 Å². The van der Waals surface area contributed by atoms with Gasteiger partial charge in [-0.2, -0.15) is 10.2 Å². The van der Waals surface area contributed by atoms with Gasteiger partial charge in [-0.1, -0.05) is 25.1 Å². The fraction of sp³-hybridized carbons (Fsp3) is 0.381. The van der Waals surface area contributed by atoms with Gasteiger partial charge in [-0.25, -0.2) is 0 Å². The number of nitrogens with zero attached hydrogens (tertiary/aromatic N) is 3. The third-order valence-corrected chi connectivity index (χ3v) is 4.53.